The summed E-state index contributed by atoms with van der Waals surface area (Å²) in [6.45, 7) is 2.11. The van der Waals surface area contributed by atoms with Gasteiger partial charge in [0.2, 0.25) is 5.16 Å². The number of hydrogen-bond donors (Lipinski definition) is 2. The fraction of sp³-hybridized carbons (Fsp3) is 0.167. The smallest absolute Gasteiger partial charge is 0.209 e. The average molecular weight is 339 g/mol. The number of phenolic OH excluding ortho intramolecular Hbond substituents is 1. The minimum Gasteiger partial charge on any atom is -0.508 e. The molecule has 0 saturated carbocycles. The highest BCUT2D eigenvalue weighted by molar-refractivity contribution is 7.99. The van der Waals surface area contributed by atoms with Crippen LogP contribution in [0.1, 0.15) is 22.8 Å². The van der Waals surface area contributed by atoms with Crippen LogP contribution in [0.25, 0.3) is 11.4 Å². The van der Waals surface area contributed by atoms with Crippen LogP contribution in [0.2, 0.25) is 0 Å². The molecular weight excluding hydrogens is 322 g/mol. The number of Topliss-reactive ketones (excluding diaryl/α,β-unsaturated/α-hetero) is 1. The van der Waals surface area contributed by atoms with Gasteiger partial charge in [-0.2, -0.15) is 0 Å². The first-order chi connectivity index (χ1) is 11.7. The van der Waals surface area contributed by atoms with Gasteiger partial charge in [0, 0.05) is 11.1 Å². The van der Waals surface area contributed by atoms with Gasteiger partial charge in [-0.1, -0.05) is 43.0 Å². The largest absolute Gasteiger partial charge is 0.508 e. The van der Waals surface area contributed by atoms with E-state index in [9.17, 15) is 9.90 Å². The number of phenols is 1. The fourth-order valence-electron chi connectivity index (χ4n) is 2.20. The number of aromatic nitrogens is 3. The molecule has 0 fully saturated rings. The number of benzene rings is 2. The zero-order valence-corrected chi connectivity index (χ0v) is 14.0. The highest BCUT2D eigenvalue weighted by atomic mass is 32.2. The standard InChI is InChI=1S/C18H17N3O2S/c1-2-12-3-5-14(6-4-12)17-19-18(21-20-17)24-11-16(23)13-7-9-15(22)10-8-13/h3-10,22H,2,11H2,1H3,(H,19,20,21). The number of H-pyrrole nitrogens is 1. The molecule has 1 heterocycles. The molecule has 1 aromatic heterocycles. The Bertz CT molecular complexity index is 826. The molecule has 122 valence electrons. The van der Waals surface area contributed by atoms with Crippen molar-refractivity contribution in [3.8, 4) is 17.1 Å². The number of nitrogens with zero attached hydrogens (tertiary/aromatic N) is 2. The van der Waals surface area contributed by atoms with E-state index in [4.69, 9.17) is 0 Å². The second-order valence-corrected chi connectivity index (χ2v) is 6.22. The Labute approximate surface area is 144 Å². The Kier molecular flexibility index (Phi) is 4.96. The van der Waals surface area contributed by atoms with Gasteiger partial charge in [0.15, 0.2) is 11.6 Å². The molecule has 0 aliphatic heterocycles. The summed E-state index contributed by atoms with van der Waals surface area (Å²) in [5.74, 6) is 1.06. The number of aryl methyl sites for hydroxylation is 1. The predicted octanol–water partition coefficient (Wildman–Crippen LogP) is 3.71. The third kappa shape index (κ3) is 3.83. The van der Waals surface area contributed by atoms with Crippen molar-refractivity contribution in [1.82, 2.24) is 15.2 Å². The van der Waals surface area contributed by atoms with E-state index in [-0.39, 0.29) is 17.3 Å². The molecule has 2 aromatic carbocycles. The monoisotopic (exact) mass is 339 g/mol. The van der Waals surface area contributed by atoms with Gasteiger partial charge < -0.3 is 5.11 Å². The summed E-state index contributed by atoms with van der Waals surface area (Å²) in [7, 11) is 0. The minimum atomic E-state index is -0.0290. The van der Waals surface area contributed by atoms with Crippen molar-refractivity contribution in [2.24, 2.45) is 0 Å². The van der Waals surface area contributed by atoms with Crippen LogP contribution >= 0.6 is 11.8 Å². The molecule has 0 bridgehead atoms. The van der Waals surface area contributed by atoms with Crippen LogP contribution in [0, 0.1) is 0 Å². The Morgan fingerprint density at radius 2 is 1.83 bits per heavy atom. The highest BCUT2D eigenvalue weighted by Crippen LogP contribution is 2.21. The number of ketones is 1. The highest BCUT2D eigenvalue weighted by Gasteiger charge is 2.10. The van der Waals surface area contributed by atoms with Gasteiger partial charge in [-0.3, -0.25) is 9.89 Å². The molecule has 0 aliphatic rings. The molecule has 0 radical (unpaired) electrons. The van der Waals surface area contributed by atoms with E-state index in [1.54, 1.807) is 12.1 Å². The molecule has 6 heteroatoms. The first-order valence-corrected chi connectivity index (χ1v) is 8.61. The zero-order chi connectivity index (χ0) is 16.9. The van der Waals surface area contributed by atoms with Gasteiger partial charge >= 0.3 is 0 Å². The van der Waals surface area contributed by atoms with Crippen LogP contribution in [-0.2, 0) is 6.42 Å². The van der Waals surface area contributed by atoms with Crippen molar-refractivity contribution in [3.63, 3.8) is 0 Å². The Morgan fingerprint density at radius 3 is 2.50 bits per heavy atom. The van der Waals surface area contributed by atoms with Crippen molar-refractivity contribution >= 4 is 17.5 Å². The normalized spacial score (nSPS) is 10.7. The van der Waals surface area contributed by atoms with Gasteiger partial charge in [0.1, 0.15) is 5.75 Å². The molecule has 0 atom stereocenters. The number of aromatic amines is 1. The van der Waals surface area contributed by atoms with E-state index >= 15 is 0 Å². The molecule has 0 saturated heterocycles. The number of thioether (sulfide) groups is 1. The first-order valence-electron chi connectivity index (χ1n) is 7.62. The van der Waals surface area contributed by atoms with Crippen LogP contribution in [-0.4, -0.2) is 31.8 Å². The summed E-state index contributed by atoms with van der Waals surface area (Å²) in [6, 6.07) is 14.4. The molecule has 3 rings (SSSR count). The van der Waals surface area contributed by atoms with E-state index in [2.05, 4.69) is 34.2 Å². The summed E-state index contributed by atoms with van der Waals surface area (Å²) in [5.41, 5.74) is 2.80. The number of aromatic hydroxyl groups is 1. The van der Waals surface area contributed by atoms with Gasteiger partial charge in [0.05, 0.1) is 5.75 Å². The van der Waals surface area contributed by atoms with Crippen molar-refractivity contribution < 1.29 is 9.90 Å². The van der Waals surface area contributed by atoms with Crippen LogP contribution in [0.5, 0.6) is 5.75 Å². The van der Waals surface area contributed by atoms with Crippen molar-refractivity contribution in [1.29, 1.82) is 0 Å². The van der Waals surface area contributed by atoms with E-state index in [1.165, 1.54) is 29.5 Å². The molecule has 2 N–H and O–H groups in total. The summed E-state index contributed by atoms with van der Waals surface area (Å²) < 4.78 is 0. The molecule has 0 spiro atoms. The Balaban J connectivity index is 1.63. The Hall–Kier alpha value is -2.60. The lowest BCUT2D eigenvalue weighted by Crippen LogP contribution is -2.02. The SMILES string of the molecule is CCc1ccc(-c2nc(SCC(=O)c3ccc(O)cc3)n[nH]2)cc1. The lowest BCUT2D eigenvalue weighted by Gasteiger charge is -1.99. The molecule has 0 amide bonds. The third-order valence-corrected chi connectivity index (χ3v) is 4.47. The Morgan fingerprint density at radius 1 is 1.12 bits per heavy atom. The van der Waals surface area contributed by atoms with E-state index in [0.29, 0.717) is 16.5 Å². The van der Waals surface area contributed by atoms with Crippen molar-refractivity contribution in [2.75, 3.05) is 5.75 Å². The van der Waals surface area contributed by atoms with Crippen molar-refractivity contribution in [3.05, 3.63) is 59.7 Å². The van der Waals surface area contributed by atoms with Gasteiger partial charge in [-0.15, -0.1) is 5.10 Å². The second-order valence-electron chi connectivity index (χ2n) is 5.28. The van der Waals surface area contributed by atoms with Gasteiger partial charge in [-0.05, 0) is 36.2 Å². The molecule has 5 nitrogen and oxygen atoms in total. The van der Waals surface area contributed by atoms with Crippen LogP contribution in [0.4, 0.5) is 0 Å². The lowest BCUT2D eigenvalue weighted by molar-refractivity contribution is 0.102. The number of nitrogens with one attached hydrogen (secondary N) is 1. The van der Waals surface area contributed by atoms with Crippen LogP contribution in [0.15, 0.2) is 53.7 Å². The van der Waals surface area contributed by atoms with Gasteiger partial charge in [-0.25, -0.2) is 4.98 Å². The summed E-state index contributed by atoms with van der Waals surface area (Å²) >= 11 is 1.29. The molecular formula is C18H17N3O2S. The lowest BCUT2D eigenvalue weighted by atomic mass is 10.1. The number of carbonyl (C=O) groups excluding carboxylic acids is 1. The van der Waals surface area contributed by atoms with E-state index in [0.717, 1.165) is 12.0 Å². The van der Waals surface area contributed by atoms with E-state index < -0.39 is 0 Å². The maximum atomic E-state index is 12.1. The maximum absolute atomic E-state index is 12.1. The molecule has 0 unspecified atom stereocenters. The summed E-state index contributed by atoms with van der Waals surface area (Å²) in [6.07, 6.45) is 0.997. The van der Waals surface area contributed by atoms with Crippen LogP contribution in [0.3, 0.4) is 0 Å². The third-order valence-electron chi connectivity index (χ3n) is 3.62. The topological polar surface area (TPSA) is 78.9 Å². The number of rotatable bonds is 6. The number of carbonyl (C=O) groups is 1. The molecule has 0 aliphatic carbocycles. The van der Waals surface area contributed by atoms with Crippen molar-refractivity contribution in [2.45, 2.75) is 18.5 Å². The quantitative estimate of drug-likeness (QED) is 0.529. The number of hydrogen-bond acceptors (Lipinski definition) is 5. The summed E-state index contributed by atoms with van der Waals surface area (Å²) in [5, 5.41) is 16.8. The maximum Gasteiger partial charge on any atom is 0.209 e. The first kappa shape index (κ1) is 16.3. The average Bonchev–Trinajstić information content (AvgIpc) is 3.09. The predicted molar refractivity (Wildman–Crippen MR) is 94.4 cm³/mol. The molecule has 24 heavy (non-hydrogen) atoms. The minimum absolute atomic E-state index is 0.0290. The van der Waals surface area contributed by atoms with Crippen LogP contribution < -0.4 is 0 Å². The molecule has 3 aromatic rings. The zero-order valence-electron chi connectivity index (χ0n) is 13.2. The van der Waals surface area contributed by atoms with E-state index in [1.807, 2.05) is 12.1 Å². The second kappa shape index (κ2) is 7.31. The van der Waals surface area contributed by atoms with Gasteiger partial charge in [0.25, 0.3) is 0 Å². The fourth-order valence-corrected chi connectivity index (χ4v) is 2.89. The summed E-state index contributed by atoms with van der Waals surface area (Å²) in [4.78, 5) is 16.5.